The van der Waals surface area contributed by atoms with Gasteiger partial charge in [0.1, 0.15) is 11.0 Å². The van der Waals surface area contributed by atoms with E-state index in [0.717, 1.165) is 5.56 Å². The SMILES string of the molecule is CCNc1cc(C(=O)Nc2cccc(Cl)c2C)cc(Cl)n1. The molecule has 6 heteroatoms. The molecule has 0 atom stereocenters. The predicted octanol–water partition coefficient (Wildman–Crippen LogP) is 4.38. The van der Waals surface area contributed by atoms with Crippen molar-refractivity contribution in [3.05, 3.63) is 51.6 Å². The highest BCUT2D eigenvalue weighted by Crippen LogP contribution is 2.24. The van der Waals surface area contributed by atoms with Gasteiger partial charge >= 0.3 is 0 Å². The van der Waals surface area contributed by atoms with Crippen molar-refractivity contribution in [3.63, 3.8) is 0 Å². The fourth-order valence-electron chi connectivity index (χ4n) is 1.84. The topological polar surface area (TPSA) is 54.0 Å². The van der Waals surface area contributed by atoms with Gasteiger partial charge < -0.3 is 10.6 Å². The molecule has 2 aromatic rings. The van der Waals surface area contributed by atoms with Crippen molar-refractivity contribution in [2.75, 3.05) is 17.2 Å². The predicted molar refractivity (Wildman–Crippen MR) is 87.6 cm³/mol. The lowest BCUT2D eigenvalue weighted by atomic mass is 10.2. The summed E-state index contributed by atoms with van der Waals surface area (Å²) in [4.78, 5) is 16.4. The number of halogens is 2. The Balaban J connectivity index is 2.26. The van der Waals surface area contributed by atoms with Crippen molar-refractivity contribution >= 4 is 40.6 Å². The van der Waals surface area contributed by atoms with Gasteiger partial charge in [0.05, 0.1) is 0 Å². The number of aromatic nitrogens is 1. The van der Waals surface area contributed by atoms with Crippen LogP contribution in [-0.4, -0.2) is 17.4 Å². The van der Waals surface area contributed by atoms with Crippen LogP contribution in [0.5, 0.6) is 0 Å². The molecule has 0 aliphatic carbocycles. The summed E-state index contributed by atoms with van der Waals surface area (Å²) in [6.07, 6.45) is 0. The van der Waals surface area contributed by atoms with Crippen LogP contribution in [-0.2, 0) is 0 Å². The van der Waals surface area contributed by atoms with Crippen LogP contribution in [0.3, 0.4) is 0 Å². The molecule has 0 unspecified atom stereocenters. The van der Waals surface area contributed by atoms with E-state index in [2.05, 4.69) is 15.6 Å². The number of amides is 1. The fourth-order valence-corrected chi connectivity index (χ4v) is 2.22. The fraction of sp³-hybridized carbons (Fsp3) is 0.200. The summed E-state index contributed by atoms with van der Waals surface area (Å²) >= 11 is 12.0. The molecular weight excluding hydrogens is 309 g/mol. The molecule has 110 valence electrons. The minimum Gasteiger partial charge on any atom is -0.370 e. The van der Waals surface area contributed by atoms with E-state index in [1.54, 1.807) is 24.3 Å². The summed E-state index contributed by atoms with van der Waals surface area (Å²) in [5.41, 5.74) is 1.93. The van der Waals surface area contributed by atoms with Gasteiger partial charge in [0.15, 0.2) is 0 Å². The van der Waals surface area contributed by atoms with Crippen molar-refractivity contribution in [2.45, 2.75) is 13.8 Å². The molecule has 0 aliphatic rings. The van der Waals surface area contributed by atoms with E-state index >= 15 is 0 Å². The summed E-state index contributed by atoms with van der Waals surface area (Å²) in [7, 11) is 0. The van der Waals surface area contributed by atoms with Crippen molar-refractivity contribution in [3.8, 4) is 0 Å². The van der Waals surface area contributed by atoms with Crippen molar-refractivity contribution in [1.82, 2.24) is 4.98 Å². The number of benzene rings is 1. The molecule has 21 heavy (non-hydrogen) atoms. The maximum atomic E-state index is 12.3. The summed E-state index contributed by atoms with van der Waals surface area (Å²) in [5.74, 6) is 0.307. The van der Waals surface area contributed by atoms with Crippen LogP contribution in [0.25, 0.3) is 0 Å². The maximum absolute atomic E-state index is 12.3. The minimum absolute atomic E-state index is 0.260. The lowest BCUT2D eigenvalue weighted by Crippen LogP contribution is -2.14. The van der Waals surface area contributed by atoms with Gasteiger partial charge in [-0.2, -0.15) is 0 Å². The largest absolute Gasteiger partial charge is 0.370 e. The average Bonchev–Trinajstić information content (AvgIpc) is 2.43. The number of hydrogen-bond donors (Lipinski definition) is 2. The van der Waals surface area contributed by atoms with Gasteiger partial charge in [0, 0.05) is 22.8 Å². The van der Waals surface area contributed by atoms with Gasteiger partial charge in [-0.15, -0.1) is 0 Å². The molecule has 1 aromatic heterocycles. The molecule has 1 heterocycles. The molecule has 2 rings (SSSR count). The molecule has 0 bridgehead atoms. The minimum atomic E-state index is -0.260. The Morgan fingerprint density at radius 3 is 2.76 bits per heavy atom. The van der Waals surface area contributed by atoms with E-state index < -0.39 is 0 Å². The van der Waals surface area contributed by atoms with Crippen LogP contribution in [0.2, 0.25) is 10.2 Å². The van der Waals surface area contributed by atoms with Crippen LogP contribution in [0, 0.1) is 6.92 Å². The number of rotatable bonds is 4. The zero-order valence-electron chi connectivity index (χ0n) is 11.7. The van der Waals surface area contributed by atoms with Gasteiger partial charge in [0.2, 0.25) is 0 Å². The van der Waals surface area contributed by atoms with E-state index in [9.17, 15) is 4.79 Å². The number of hydrogen-bond acceptors (Lipinski definition) is 3. The molecule has 1 aromatic carbocycles. The van der Waals surface area contributed by atoms with E-state index in [1.165, 1.54) is 6.07 Å². The van der Waals surface area contributed by atoms with Crippen molar-refractivity contribution < 1.29 is 4.79 Å². The van der Waals surface area contributed by atoms with E-state index in [0.29, 0.717) is 28.6 Å². The third kappa shape index (κ3) is 3.86. The van der Waals surface area contributed by atoms with Gasteiger partial charge in [-0.05, 0) is 43.7 Å². The Morgan fingerprint density at radius 2 is 2.05 bits per heavy atom. The molecule has 4 nitrogen and oxygen atoms in total. The Hall–Kier alpha value is -1.78. The summed E-state index contributed by atoms with van der Waals surface area (Å²) in [6, 6.07) is 8.54. The van der Waals surface area contributed by atoms with Gasteiger partial charge in [-0.3, -0.25) is 4.79 Å². The Kier molecular flexibility index (Phi) is 5.04. The third-order valence-electron chi connectivity index (χ3n) is 2.93. The van der Waals surface area contributed by atoms with E-state index in [-0.39, 0.29) is 11.1 Å². The second kappa shape index (κ2) is 6.78. The number of carbonyl (C=O) groups is 1. The first kappa shape index (κ1) is 15.6. The first-order chi connectivity index (χ1) is 10.0. The molecule has 0 saturated carbocycles. The van der Waals surface area contributed by atoms with Gasteiger partial charge in [-0.1, -0.05) is 29.3 Å². The first-order valence-corrected chi connectivity index (χ1v) is 7.24. The maximum Gasteiger partial charge on any atom is 0.255 e. The number of nitrogens with zero attached hydrogens (tertiary/aromatic N) is 1. The second-order valence-electron chi connectivity index (χ2n) is 4.46. The summed E-state index contributed by atoms with van der Waals surface area (Å²) in [6.45, 7) is 4.49. The Morgan fingerprint density at radius 1 is 1.29 bits per heavy atom. The summed E-state index contributed by atoms with van der Waals surface area (Å²) < 4.78 is 0. The quantitative estimate of drug-likeness (QED) is 0.821. The monoisotopic (exact) mass is 323 g/mol. The summed E-state index contributed by atoms with van der Waals surface area (Å²) in [5, 5.41) is 6.73. The van der Waals surface area contributed by atoms with E-state index in [4.69, 9.17) is 23.2 Å². The number of nitrogens with one attached hydrogen (secondary N) is 2. The highest BCUT2D eigenvalue weighted by molar-refractivity contribution is 6.32. The molecule has 0 saturated heterocycles. The van der Waals surface area contributed by atoms with Crippen molar-refractivity contribution in [1.29, 1.82) is 0 Å². The average molecular weight is 324 g/mol. The number of pyridine rings is 1. The Labute approximate surface area is 133 Å². The first-order valence-electron chi connectivity index (χ1n) is 6.49. The lowest BCUT2D eigenvalue weighted by Gasteiger charge is -2.11. The van der Waals surface area contributed by atoms with Gasteiger partial charge in [0.25, 0.3) is 5.91 Å². The highest BCUT2D eigenvalue weighted by Gasteiger charge is 2.11. The molecule has 1 amide bonds. The molecule has 0 spiro atoms. The van der Waals surface area contributed by atoms with E-state index in [1.807, 2.05) is 13.8 Å². The highest BCUT2D eigenvalue weighted by atomic mass is 35.5. The van der Waals surface area contributed by atoms with Crippen LogP contribution >= 0.6 is 23.2 Å². The third-order valence-corrected chi connectivity index (χ3v) is 3.53. The molecule has 0 radical (unpaired) electrons. The standard InChI is InChI=1S/C15H15Cl2N3O/c1-3-18-14-8-10(7-13(17)20-14)15(21)19-12-6-4-5-11(16)9(12)2/h4-8H,3H2,1-2H3,(H,18,20)(H,19,21). The molecular formula is C15H15Cl2N3O. The number of anilines is 2. The smallest absolute Gasteiger partial charge is 0.255 e. The number of carbonyl (C=O) groups excluding carboxylic acids is 1. The molecule has 0 aliphatic heterocycles. The van der Waals surface area contributed by atoms with Crippen LogP contribution in [0.15, 0.2) is 30.3 Å². The van der Waals surface area contributed by atoms with Crippen LogP contribution < -0.4 is 10.6 Å². The van der Waals surface area contributed by atoms with Crippen molar-refractivity contribution in [2.24, 2.45) is 0 Å². The molecule has 0 fully saturated rings. The zero-order chi connectivity index (χ0) is 15.4. The second-order valence-corrected chi connectivity index (χ2v) is 5.26. The normalized spacial score (nSPS) is 10.3. The lowest BCUT2D eigenvalue weighted by molar-refractivity contribution is 0.102. The van der Waals surface area contributed by atoms with Crippen LogP contribution in [0.1, 0.15) is 22.8 Å². The van der Waals surface area contributed by atoms with Gasteiger partial charge in [-0.25, -0.2) is 4.98 Å². The Bertz CT molecular complexity index is 674. The molecule has 2 N–H and O–H groups in total. The van der Waals surface area contributed by atoms with Crippen LogP contribution in [0.4, 0.5) is 11.5 Å². The zero-order valence-corrected chi connectivity index (χ0v) is 13.2.